The van der Waals surface area contributed by atoms with Crippen LogP contribution in [0.3, 0.4) is 0 Å². The van der Waals surface area contributed by atoms with E-state index in [1.807, 2.05) is 41.6 Å². The van der Waals surface area contributed by atoms with Gasteiger partial charge in [-0.05, 0) is 86.5 Å². The Hall–Kier alpha value is -3.63. The zero-order valence-electron chi connectivity index (χ0n) is 21.8. The fourth-order valence-corrected chi connectivity index (χ4v) is 5.67. The Balaban J connectivity index is 0.00000112. The number of rotatable bonds is 6. The summed E-state index contributed by atoms with van der Waals surface area (Å²) in [5.41, 5.74) is 8.74. The molecule has 2 aromatic heterocycles. The Morgan fingerprint density at radius 3 is 2.38 bits per heavy atom. The summed E-state index contributed by atoms with van der Waals surface area (Å²) >= 11 is 6.10. The van der Waals surface area contributed by atoms with E-state index in [4.69, 9.17) is 27.2 Å². The Morgan fingerprint density at radius 1 is 1.08 bits per heavy atom. The van der Waals surface area contributed by atoms with E-state index in [0.29, 0.717) is 29.9 Å². The molecule has 2 fully saturated rings. The molecule has 0 atom stereocenters. The van der Waals surface area contributed by atoms with Crippen molar-refractivity contribution in [1.82, 2.24) is 24.7 Å². The number of amides is 3. The smallest absolute Gasteiger partial charge is 0.317 e. The van der Waals surface area contributed by atoms with Gasteiger partial charge < -0.3 is 25.6 Å². The monoisotopic (exact) mass is 554 g/mol. The molecule has 3 aromatic rings. The lowest BCUT2D eigenvalue weighted by Crippen LogP contribution is -2.47. The number of hydrogen-bond donors (Lipinski definition) is 3. The van der Waals surface area contributed by atoms with E-state index >= 15 is 0 Å². The standard InChI is InChI=1S/C27H33ClN6O2.CH2O2/c28-21-1-3-22(4-2-21)34-17-24(23-5-10-30-16-25(23)34)20-8-13-33(14-9-20)27(36)31-15-19-6-11-32(12-7-19)18-26(29)35;2-1-3/h1-5,10,16-17,19-20H,6-9,11-15,18H2,(H2,29,35)(H,31,36);1H,(H,2,3). The third-order valence-corrected chi connectivity index (χ3v) is 7.85. The third-order valence-electron chi connectivity index (χ3n) is 7.59. The Kier molecular flexibility index (Phi) is 9.78. The maximum atomic E-state index is 12.8. The van der Waals surface area contributed by atoms with Crippen LogP contribution in [0.5, 0.6) is 0 Å². The first kappa shape index (κ1) is 28.4. The van der Waals surface area contributed by atoms with Crippen LogP contribution in [-0.2, 0) is 9.59 Å². The second-order valence-electron chi connectivity index (χ2n) is 10.1. The van der Waals surface area contributed by atoms with Crippen molar-refractivity contribution in [2.75, 3.05) is 39.3 Å². The highest BCUT2D eigenvalue weighted by Gasteiger charge is 2.27. The van der Waals surface area contributed by atoms with Gasteiger partial charge >= 0.3 is 6.03 Å². The molecule has 0 spiro atoms. The molecular weight excluding hydrogens is 520 g/mol. The zero-order valence-corrected chi connectivity index (χ0v) is 22.6. The minimum atomic E-state index is -0.281. The van der Waals surface area contributed by atoms with E-state index in [-0.39, 0.29) is 18.4 Å². The molecule has 0 bridgehead atoms. The summed E-state index contributed by atoms with van der Waals surface area (Å²) in [7, 11) is 0. The number of hydrogen-bond acceptors (Lipinski definition) is 5. The number of nitrogens with two attached hydrogens (primary N) is 1. The number of primary amides is 1. The number of urea groups is 1. The van der Waals surface area contributed by atoms with Gasteiger partial charge in [0.15, 0.2) is 0 Å². The average Bonchev–Trinajstić information content (AvgIpc) is 3.33. The normalized spacial score (nSPS) is 16.9. The minimum Gasteiger partial charge on any atom is -0.483 e. The number of benzene rings is 1. The van der Waals surface area contributed by atoms with Crippen molar-refractivity contribution in [3.05, 3.63) is 59.5 Å². The van der Waals surface area contributed by atoms with Crippen molar-refractivity contribution >= 4 is 40.9 Å². The van der Waals surface area contributed by atoms with Crippen LogP contribution in [0, 0.1) is 5.92 Å². The highest BCUT2D eigenvalue weighted by Crippen LogP contribution is 2.35. The van der Waals surface area contributed by atoms with Crippen molar-refractivity contribution in [2.24, 2.45) is 11.7 Å². The van der Waals surface area contributed by atoms with E-state index < -0.39 is 0 Å². The highest BCUT2D eigenvalue weighted by molar-refractivity contribution is 6.30. The van der Waals surface area contributed by atoms with E-state index in [1.165, 1.54) is 10.9 Å². The van der Waals surface area contributed by atoms with Gasteiger partial charge in [-0.1, -0.05) is 11.6 Å². The topological polar surface area (TPSA) is 134 Å². The Bertz CT molecular complexity index is 1260. The number of pyridine rings is 1. The number of carbonyl (C=O) groups excluding carboxylic acids is 2. The summed E-state index contributed by atoms with van der Waals surface area (Å²) in [6.45, 7) is 3.95. The summed E-state index contributed by atoms with van der Waals surface area (Å²) in [6.07, 6.45) is 9.79. The summed E-state index contributed by atoms with van der Waals surface area (Å²) in [5.74, 6) is 0.557. The number of nitrogens with one attached hydrogen (secondary N) is 1. The molecule has 4 N–H and O–H groups in total. The SMILES string of the molecule is NC(=O)CN1CCC(CNC(=O)N2CCC(c3cn(-c4ccc(Cl)cc4)c4cnccc34)CC2)CC1.O=CO. The molecule has 0 aliphatic carbocycles. The van der Waals surface area contributed by atoms with Gasteiger partial charge in [0.2, 0.25) is 5.91 Å². The lowest BCUT2D eigenvalue weighted by atomic mass is 9.89. The fraction of sp³-hybridized carbons (Fsp3) is 0.429. The fourth-order valence-electron chi connectivity index (χ4n) is 5.55. The quantitative estimate of drug-likeness (QED) is 0.399. The van der Waals surface area contributed by atoms with Crippen LogP contribution in [0.4, 0.5) is 4.79 Å². The first-order chi connectivity index (χ1) is 18.9. The minimum absolute atomic E-state index is 0.0285. The summed E-state index contributed by atoms with van der Waals surface area (Å²) < 4.78 is 2.18. The largest absolute Gasteiger partial charge is 0.483 e. The number of piperidine rings is 2. The number of nitrogens with zero attached hydrogens (tertiary/aromatic N) is 4. The molecule has 0 saturated carbocycles. The Morgan fingerprint density at radius 2 is 1.74 bits per heavy atom. The molecule has 2 aliphatic heterocycles. The maximum absolute atomic E-state index is 12.8. The summed E-state index contributed by atoms with van der Waals surface area (Å²) in [4.78, 5) is 40.7. The molecule has 4 heterocycles. The molecule has 2 aliphatic rings. The van der Waals surface area contributed by atoms with Crippen molar-refractivity contribution in [3.8, 4) is 5.69 Å². The van der Waals surface area contributed by atoms with Crippen molar-refractivity contribution < 1.29 is 19.5 Å². The molecule has 11 heteroatoms. The highest BCUT2D eigenvalue weighted by atomic mass is 35.5. The third kappa shape index (κ3) is 7.27. The van der Waals surface area contributed by atoms with Gasteiger partial charge in [0.25, 0.3) is 6.47 Å². The van der Waals surface area contributed by atoms with Crippen LogP contribution < -0.4 is 11.1 Å². The number of fused-ring (bicyclic) bond motifs is 1. The number of halogens is 1. The van der Waals surface area contributed by atoms with Gasteiger partial charge in [-0.2, -0.15) is 0 Å². The molecule has 10 nitrogen and oxygen atoms in total. The second kappa shape index (κ2) is 13.4. The molecule has 5 rings (SSSR count). The molecule has 0 unspecified atom stereocenters. The van der Waals surface area contributed by atoms with Crippen molar-refractivity contribution in [3.63, 3.8) is 0 Å². The average molecular weight is 555 g/mol. The van der Waals surface area contributed by atoms with Gasteiger partial charge in [0, 0.05) is 48.1 Å². The van der Waals surface area contributed by atoms with Crippen LogP contribution in [0.15, 0.2) is 48.9 Å². The first-order valence-electron chi connectivity index (χ1n) is 13.2. The molecule has 2 saturated heterocycles. The predicted molar refractivity (Wildman–Crippen MR) is 150 cm³/mol. The number of aromatic nitrogens is 2. The van der Waals surface area contributed by atoms with E-state index in [0.717, 1.165) is 63.1 Å². The molecule has 39 heavy (non-hydrogen) atoms. The Labute approximate surface area is 232 Å². The lowest BCUT2D eigenvalue weighted by Gasteiger charge is -2.34. The number of carbonyl (C=O) groups is 3. The van der Waals surface area contributed by atoms with Crippen LogP contribution in [0.2, 0.25) is 5.02 Å². The van der Waals surface area contributed by atoms with E-state index in [2.05, 4.69) is 32.0 Å². The summed E-state index contributed by atoms with van der Waals surface area (Å²) in [5, 5.41) is 12.0. The number of likely N-dealkylation sites (tertiary alicyclic amines) is 2. The van der Waals surface area contributed by atoms with Gasteiger partial charge in [0.05, 0.1) is 18.3 Å². The van der Waals surface area contributed by atoms with Crippen LogP contribution in [-0.4, -0.2) is 82.1 Å². The van der Waals surface area contributed by atoms with Crippen LogP contribution in [0.1, 0.15) is 37.2 Å². The van der Waals surface area contributed by atoms with Gasteiger partial charge in [0.1, 0.15) is 0 Å². The number of carboxylic acid groups (broad SMARTS) is 1. The first-order valence-corrected chi connectivity index (χ1v) is 13.6. The molecule has 1 aromatic carbocycles. The molecule has 0 radical (unpaired) electrons. The lowest BCUT2D eigenvalue weighted by molar-refractivity contribution is -0.123. The summed E-state index contributed by atoms with van der Waals surface area (Å²) in [6, 6.07) is 9.96. The van der Waals surface area contributed by atoms with Crippen LogP contribution >= 0.6 is 11.6 Å². The van der Waals surface area contributed by atoms with Gasteiger partial charge in [-0.15, -0.1) is 0 Å². The molecule has 3 amide bonds. The molecule has 208 valence electrons. The van der Waals surface area contributed by atoms with E-state index in [1.54, 1.807) is 0 Å². The van der Waals surface area contributed by atoms with Gasteiger partial charge in [-0.3, -0.25) is 19.5 Å². The van der Waals surface area contributed by atoms with E-state index in [9.17, 15) is 9.59 Å². The van der Waals surface area contributed by atoms with Gasteiger partial charge in [-0.25, -0.2) is 4.79 Å². The second-order valence-corrected chi connectivity index (χ2v) is 10.5. The van der Waals surface area contributed by atoms with Crippen molar-refractivity contribution in [2.45, 2.75) is 31.6 Å². The predicted octanol–water partition coefficient (Wildman–Crippen LogP) is 3.47. The maximum Gasteiger partial charge on any atom is 0.317 e. The van der Waals surface area contributed by atoms with Crippen LogP contribution in [0.25, 0.3) is 16.6 Å². The van der Waals surface area contributed by atoms with Crippen molar-refractivity contribution in [1.29, 1.82) is 0 Å². The molecular formula is C28H35ClN6O4. The zero-order chi connectivity index (χ0) is 27.8.